The van der Waals surface area contributed by atoms with Gasteiger partial charge in [0.25, 0.3) is 0 Å². The predicted molar refractivity (Wildman–Crippen MR) is 132 cm³/mol. The van der Waals surface area contributed by atoms with Crippen molar-refractivity contribution >= 4 is 17.5 Å². The largest absolute Gasteiger partial charge is 0.497 e. The zero-order valence-corrected chi connectivity index (χ0v) is 19.8. The van der Waals surface area contributed by atoms with Gasteiger partial charge in [-0.1, -0.05) is 62.4 Å². The minimum Gasteiger partial charge on any atom is -0.497 e. The Hall–Kier alpha value is -3.02. The van der Waals surface area contributed by atoms with Crippen molar-refractivity contribution in [3.63, 3.8) is 0 Å². The van der Waals surface area contributed by atoms with Crippen LogP contribution in [0.3, 0.4) is 0 Å². The molecular formula is C27H37N3O3. The summed E-state index contributed by atoms with van der Waals surface area (Å²) >= 11 is 0. The van der Waals surface area contributed by atoms with Crippen molar-refractivity contribution in [2.24, 2.45) is 5.92 Å². The summed E-state index contributed by atoms with van der Waals surface area (Å²) in [5.74, 6) is 0.781. The summed E-state index contributed by atoms with van der Waals surface area (Å²) in [5.41, 5.74) is 1.92. The molecule has 33 heavy (non-hydrogen) atoms. The molecule has 1 aliphatic carbocycles. The first-order chi connectivity index (χ1) is 16.1. The molecule has 3 N–H and O–H groups in total. The van der Waals surface area contributed by atoms with Crippen LogP contribution in [0.4, 0.5) is 5.69 Å². The molecule has 2 aromatic carbocycles. The second-order valence-electron chi connectivity index (χ2n) is 8.88. The number of benzene rings is 2. The Morgan fingerprint density at radius 3 is 2.30 bits per heavy atom. The van der Waals surface area contributed by atoms with Crippen LogP contribution >= 0.6 is 0 Å². The Labute approximate surface area is 197 Å². The second-order valence-corrected chi connectivity index (χ2v) is 8.88. The smallest absolute Gasteiger partial charge is 0.242 e. The van der Waals surface area contributed by atoms with Crippen LogP contribution in [0.1, 0.15) is 56.9 Å². The number of ether oxygens (including phenoxy) is 1. The van der Waals surface area contributed by atoms with Crippen molar-refractivity contribution in [2.75, 3.05) is 25.5 Å². The maximum Gasteiger partial charge on any atom is 0.242 e. The Morgan fingerprint density at radius 2 is 1.64 bits per heavy atom. The summed E-state index contributed by atoms with van der Waals surface area (Å²) in [6.07, 6.45) is 6.64. The minimum atomic E-state index is -0.507. The highest BCUT2D eigenvalue weighted by atomic mass is 16.5. The van der Waals surface area contributed by atoms with Gasteiger partial charge >= 0.3 is 0 Å². The van der Waals surface area contributed by atoms with Gasteiger partial charge < -0.3 is 20.7 Å². The molecule has 2 amide bonds. The number of nitrogens with one attached hydrogen (secondary N) is 3. The zero-order chi connectivity index (χ0) is 23.5. The van der Waals surface area contributed by atoms with E-state index in [9.17, 15) is 9.59 Å². The third kappa shape index (κ3) is 7.81. The Morgan fingerprint density at radius 1 is 0.939 bits per heavy atom. The van der Waals surface area contributed by atoms with Crippen LogP contribution in [0.15, 0.2) is 54.6 Å². The van der Waals surface area contributed by atoms with Crippen LogP contribution in [0.5, 0.6) is 5.75 Å². The Kier molecular flexibility index (Phi) is 9.60. The summed E-state index contributed by atoms with van der Waals surface area (Å²) in [4.78, 5) is 26.0. The number of carbonyl (C=O) groups is 2. The lowest BCUT2D eigenvalue weighted by Crippen LogP contribution is -2.49. The molecule has 2 atom stereocenters. The minimum absolute atomic E-state index is 0.103. The number of carbonyl (C=O) groups excluding carboxylic acids is 2. The molecule has 0 heterocycles. The molecule has 0 aliphatic heterocycles. The van der Waals surface area contributed by atoms with Gasteiger partial charge in [-0.15, -0.1) is 0 Å². The molecule has 1 saturated carbocycles. The van der Waals surface area contributed by atoms with E-state index in [-0.39, 0.29) is 17.7 Å². The average Bonchev–Trinajstić information content (AvgIpc) is 2.87. The van der Waals surface area contributed by atoms with E-state index < -0.39 is 6.04 Å². The topological polar surface area (TPSA) is 79.5 Å². The first kappa shape index (κ1) is 24.6. The van der Waals surface area contributed by atoms with E-state index in [2.05, 4.69) is 16.0 Å². The van der Waals surface area contributed by atoms with E-state index >= 15 is 0 Å². The fourth-order valence-electron chi connectivity index (χ4n) is 4.40. The van der Waals surface area contributed by atoms with Crippen molar-refractivity contribution in [1.29, 1.82) is 0 Å². The molecular weight excluding hydrogens is 414 g/mol. The summed E-state index contributed by atoms with van der Waals surface area (Å²) in [6, 6.07) is 16.9. The van der Waals surface area contributed by atoms with Crippen LogP contribution in [0.25, 0.3) is 0 Å². The highest BCUT2D eigenvalue weighted by Gasteiger charge is 2.27. The Bertz CT molecular complexity index is 864. The molecule has 0 bridgehead atoms. The van der Waals surface area contributed by atoms with E-state index in [4.69, 9.17) is 4.74 Å². The quantitative estimate of drug-likeness (QED) is 0.440. The summed E-state index contributed by atoms with van der Waals surface area (Å²) in [7, 11) is 1.64. The number of rotatable bonds is 11. The molecule has 2 unspecified atom stereocenters. The van der Waals surface area contributed by atoms with Crippen molar-refractivity contribution in [3.8, 4) is 5.75 Å². The lowest BCUT2D eigenvalue weighted by molar-refractivity contribution is -0.130. The molecule has 2 aromatic rings. The lowest BCUT2D eigenvalue weighted by Gasteiger charge is -2.27. The van der Waals surface area contributed by atoms with Crippen molar-refractivity contribution in [3.05, 3.63) is 60.2 Å². The van der Waals surface area contributed by atoms with E-state index in [0.29, 0.717) is 25.4 Å². The van der Waals surface area contributed by atoms with Crippen molar-refractivity contribution < 1.29 is 14.3 Å². The van der Waals surface area contributed by atoms with Gasteiger partial charge in [-0.2, -0.15) is 0 Å². The average molecular weight is 452 g/mol. The molecule has 0 radical (unpaired) electrons. The highest BCUT2D eigenvalue weighted by molar-refractivity contribution is 5.90. The summed E-state index contributed by atoms with van der Waals surface area (Å²) < 4.78 is 5.17. The van der Waals surface area contributed by atoms with Crippen LogP contribution in [-0.2, 0) is 9.59 Å². The molecule has 1 aliphatic rings. The van der Waals surface area contributed by atoms with E-state index in [1.54, 1.807) is 7.11 Å². The molecule has 6 heteroatoms. The zero-order valence-electron chi connectivity index (χ0n) is 19.8. The predicted octanol–water partition coefficient (Wildman–Crippen LogP) is 4.48. The molecule has 0 spiro atoms. The first-order valence-electron chi connectivity index (χ1n) is 12.1. The van der Waals surface area contributed by atoms with Crippen LogP contribution < -0.4 is 20.7 Å². The third-order valence-electron chi connectivity index (χ3n) is 6.46. The first-order valence-corrected chi connectivity index (χ1v) is 12.1. The van der Waals surface area contributed by atoms with Crippen LogP contribution in [0.2, 0.25) is 0 Å². The SMILES string of the molecule is COc1ccc(NCCNC(=O)C(CC2CCCCC2)NC(=O)C(C)c2ccccc2)cc1. The normalized spacial score (nSPS) is 15.8. The van der Waals surface area contributed by atoms with Crippen molar-refractivity contribution in [1.82, 2.24) is 10.6 Å². The van der Waals surface area contributed by atoms with Gasteiger partial charge in [0.2, 0.25) is 11.8 Å². The van der Waals surface area contributed by atoms with E-state index in [1.165, 1.54) is 19.3 Å². The number of methoxy groups -OCH3 is 1. The van der Waals surface area contributed by atoms with E-state index in [0.717, 1.165) is 29.8 Å². The van der Waals surface area contributed by atoms with Crippen molar-refractivity contribution in [2.45, 2.75) is 57.4 Å². The summed E-state index contributed by atoms with van der Waals surface area (Å²) in [5, 5.41) is 9.35. The highest BCUT2D eigenvalue weighted by Crippen LogP contribution is 2.27. The maximum atomic E-state index is 13.0. The number of anilines is 1. The number of hydrogen-bond acceptors (Lipinski definition) is 4. The van der Waals surface area contributed by atoms with E-state index in [1.807, 2.05) is 61.5 Å². The monoisotopic (exact) mass is 451 g/mol. The van der Waals surface area contributed by atoms with Crippen LogP contribution in [-0.4, -0.2) is 38.1 Å². The maximum absolute atomic E-state index is 13.0. The van der Waals surface area contributed by atoms with Gasteiger partial charge in [0.1, 0.15) is 11.8 Å². The van der Waals surface area contributed by atoms with Gasteiger partial charge in [0.15, 0.2) is 0 Å². The van der Waals surface area contributed by atoms with Gasteiger partial charge in [-0.25, -0.2) is 0 Å². The van der Waals surface area contributed by atoms with Gasteiger partial charge in [0, 0.05) is 18.8 Å². The molecule has 6 nitrogen and oxygen atoms in total. The molecule has 178 valence electrons. The third-order valence-corrected chi connectivity index (χ3v) is 6.46. The van der Waals surface area contributed by atoms with Crippen LogP contribution in [0, 0.1) is 5.92 Å². The standard InChI is InChI=1S/C27H37N3O3/c1-20(22-11-7-4-8-12-22)26(31)30-25(19-21-9-5-3-6-10-21)27(32)29-18-17-28-23-13-15-24(33-2)16-14-23/h4,7-8,11-16,20-21,25,28H,3,5-6,9-10,17-19H2,1-2H3,(H,29,32)(H,30,31). The Balaban J connectivity index is 1.54. The number of amides is 2. The molecule has 3 rings (SSSR count). The lowest BCUT2D eigenvalue weighted by atomic mass is 9.84. The fourth-order valence-corrected chi connectivity index (χ4v) is 4.40. The molecule has 0 saturated heterocycles. The van der Waals surface area contributed by atoms with Gasteiger partial charge in [-0.3, -0.25) is 9.59 Å². The molecule has 1 fully saturated rings. The number of hydrogen-bond donors (Lipinski definition) is 3. The molecule has 0 aromatic heterocycles. The summed E-state index contributed by atoms with van der Waals surface area (Å²) in [6.45, 7) is 2.97. The fraction of sp³-hybridized carbons (Fsp3) is 0.481. The van der Waals surface area contributed by atoms with Gasteiger partial charge in [0.05, 0.1) is 13.0 Å². The van der Waals surface area contributed by atoms with Gasteiger partial charge in [-0.05, 0) is 49.1 Å². The second kappa shape index (κ2) is 12.9.